The largest absolute Gasteiger partial charge is 0.465 e. The Kier molecular flexibility index (Phi) is 4.89. The van der Waals surface area contributed by atoms with Gasteiger partial charge in [-0.25, -0.2) is 14.8 Å². The van der Waals surface area contributed by atoms with Crippen LogP contribution in [-0.2, 0) is 16.0 Å². The van der Waals surface area contributed by atoms with Crippen LogP contribution in [0.25, 0.3) is 0 Å². The van der Waals surface area contributed by atoms with Crippen molar-refractivity contribution in [2.75, 3.05) is 43.0 Å². The van der Waals surface area contributed by atoms with E-state index in [1.165, 1.54) is 16.7 Å². The molecule has 0 saturated carbocycles. The summed E-state index contributed by atoms with van der Waals surface area (Å²) in [6.07, 6.45) is 1.66. The number of benzene rings is 1. The van der Waals surface area contributed by atoms with Crippen molar-refractivity contribution in [3.63, 3.8) is 0 Å². The number of likely N-dealkylation sites (tertiary alicyclic amines) is 1. The minimum Gasteiger partial charge on any atom is -0.465 e. The number of nitrogens with one attached hydrogen (secondary N) is 1. The van der Waals surface area contributed by atoms with Gasteiger partial charge < -0.3 is 25.4 Å². The average molecular weight is 471 g/mol. The molecular formula is C22H23ClN6O4. The third kappa shape index (κ3) is 3.58. The van der Waals surface area contributed by atoms with Gasteiger partial charge in [-0.3, -0.25) is 9.69 Å². The summed E-state index contributed by atoms with van der Waals surface area (Å²) in [5.74, 6) is 1.05. The molecule has 4 heterocycles. The highest BCUT2D eigenvalue weighted by atomic mass is 35.5. The highest BCUT2D eigenvalue weighted by Crippen LogP contribution is 2.40. The first-order chi connectivity index (χ1) is 16.0. The molecule has 2 fully saturated rings. The Morgan fingerprint density at radius 3 is 2.91 bits per heavy atom. The fraction of sp³-hybridized carbons (Fsp3) is 0.455. The lowest BCUT2D eigenvalue weighted by atomic mass is 9.91. The van der Waals surface area contributed by atoms with Crippen LogP contribution in [0.4, 0.5) is 16.4 Å². The summed E-state index contributed by atoms with van der Waals surface area (Å²) < 4.78 is 10.9. The zero-order valence-corrected chi connectivity index (χ0v) is 18.5. The summed E-state index contributed by atoms with van der Waals surface area (Å²) in [5, 5.41) is 3.40. The topological polar surface area (TPSA) is 123 Å². The summed E-state index contributed by atoms with van der Waals surface area (Å²) in [4.78, 5) is 36.3. The molecule has 33 heavy (non-hydrogen) atoms. The Morgan fingerprint density at radius 1 is 1.24 bits per heavy atom. The molecule has 2 saturated heterocycles. The van der Waals surface area contributed by atoms with Crippen molar-refractivity contribution < 1.29 is 19.1 Å². The number of hydrogen-bond acceptors (Lipinski definition) is 8. The lowest BCUT2D eigenvalue weighted by Gasteiger charge is -2.43. The number of fused-ring (bicyclic) bond motifs is 2. The molecule has 0 spiro atoms. The van der Waals surface area contributed by atoms with Crippen LogP contribution in [-0.4, -0.2) is 65.8 Å². The highest BCUT2D eigenvalue weighted by Gasteiger charge is 2.44. The minimum atomic E-state index is -0.460. The maximum atomic E-state index is 12.5. The van der Waals surface area contributed by atoms with Crippen molar-refractivity contribution in [3.05, 3.63) is 40.5 Å². The number of nitrogens with two attached hydrogens (primary N) is 1. The van der Waals surface area contributed by atoms with Crippen molar-refractivity contribution in [3.8, 4) is 5.88 Å². The van der Waals surface area contributed by atoms with E-state index in [2.05, 4.69) is 26.3 Å². The van der Waals surface area contributed by atoms with Crippen LogP contribution in [0.15, 0.2) is 24.4 Å². The molecule has 3 aliphatic heterocycles. The van der Waals surface area contributed by atoms with Gasteiger partial charge in [-0.2, -0.15) is 0 Å². The number of rotatable bonds is 4. The number of aromatic nitrogens is 2. The van der Waals surface area contributed by atoms with Gasteiger partial charge in [0.05, 0.1) is 12.7 Å². The molecule has 172 valence electrons. The molecule has 11 heteroatoms. The number of carbonyl (C=O) groups excluding carboxylic acids is 2. The van der Waals surface area contributed by atoms with E-state index in [1.807, 2.05) is 12.1 Å². The molecule has 10 nitrogen and oxygen atoms in total. The first-order valence-corrected chi connectivity index (χ1v) is 11.4. The van der Waals surface area contributed by atoms with Gasteiger partial charge in [-0.05, 0) is 29.5 Å². The number of anilines is 2. The van der Waals surface area contributed by atoms with E-state index in [-0.39, 0.29) is 42.3 Å². The van der Waals surface area contributed by atoms with Gasteiger partial charge >= 0.3 is 6.09 Å². The van der Waals surface area contributed by atoms with Crippen LogP contribution in [0, 0.1) is 11.8 Å². The Labute approximate surface area is 195 Å². The maximum absolute atomic E-state index is 12.5. The van der Waals surface area contributed by atoms with E-state index >= 15 is 0 Å². The molecule has 4 aliphatic rings. The van der Waals surface area contributed by atoms with E-state index < -0.39 is 6.09 Å². The van der Waals surface area contributed by atoms with Crippen LogP contribution >= 0.6 is 11.6 Å². The van der Waals surface area contributed by atoms with Crippen molar-refractivity contribution in [2.45, 2.75) is 18.6 Å². The molecule has 0 radical (unpaired) electrons. The maximum Gasteiger partial charge on any atom is 0.416 e. The van der Waals surface area contributed by atoms with Gasteiger partial charge in [0.1, 0.15) is 6.10 Å². The highest BCUT2D eigenvalue weighted by molar-refractivity contribution is 6.31. The number of nitrogens with zero attached hydrogens (tertiary/aromatic N) is 4. The van der Waals surface area contributed by atoms with Crippen LogP contribution in [0.2, 0.25) is 5.02 Å². The normalized spacial score (nSPS) is 26.8. The molecule has 3 N–H and O–H groups in total. The van der Waals surface area contributed by atoms with Crippen molar-refractivity contribution in [1.82, 2.24) is 14.9 Å². The first kappa shape index (κ1) is 20.6. The van der Waals surface area contributed by atoms with Crippen LogP contribution < -0.4 is 20.7 Å². The van der Waals surface area contributed by atoms with Gasteiger partial charge in [-0.15, -0.1) is 0 Å². The summed E-state index contributed by atoms with van der Waals surface area (Å²) in [6, 6.07) is 5.93. The molecule has 2 aromatic rings. The third-order valence-corrected chi connectivity index (χ3v) is 7.28. The number of cyclic esters (lactones) is 1. The SMILES string of the molecule is NC1c2cccc(Cl)c2CC1CN1CC(C2CN(c3cnc4c(n3)NC(=O)CO4)C(=O)O2)C1. The van der Waals surface area contributed by atoms with Crippen LogP contribution in [0.1, 0.15) is 17.2 Å². The minimum absolute atomic E-state index is 0.00963. The molecule has 3 unspecified atom stereocenters. The Morgan fingerprint density at radius 2 is 2.09 bits per heavy atom. The van der Waals surface area contributed by atoms with Gasteiger partial charge in [0.15, 0.2) is 18.2 Å². The predicted octanol–water partition coefficient (Wildman–Crippen LogP) is 1.59. The third-order valence-electron chi connectivity index (χ3n) is 6.93. The van der Waals surface area contributed by atoms with Crippen LogP contribution in [0.3, 0.4) is 0 Å². The zero-order valence-electron chi connectivity index (χ0n) is 17.7. The van der Waals surface area contributed by atoms with Gasteiger partial charge in [0, 0.05) is 36.6 Å². The number of ether oxygens (including phenoxy) is 2. The van der Waals surface area contributed by atoms with Crippen molar-refractivity contribution in [1.29, 1.82) is 0 Å². The molecule has 1 aromatic heterocycles. The second-order valence-corrected chi connectivity index (χ2v) is 9.44. The van der Waals surface area contributed by atoms with Crippen LogP contribution in [0.5, 0.6) is 5.88 Å². The predicted molar refractivity (Wildman–Crippen MR) is 119 cm³/mol. The molecule has 1 aromatic carbocycles. The fourth-order valence-electron chi connectivity index (χ4n) is 5.15. The van der Waals surface area contributed by atoms with Gasteiger partial charge in [0.2, 0.25) is 0 Å². The quantitative estimate of drug-likeness (QED) is 0.690. The van der Waals surface area contributed by atoms with E-state index in [0.717, 1.165) is 36.6 Å². The average Bonchev–Trinajstić information content (AvgIpc) is 3.30. The van der Waals surface area contributed by atoms with E-state index in [4.69, 9.17) is 26.8 Å². The first-order valence-electron chi connectivity index (χ1n) is 11.0. The Bertz CT molecular complexity index is 1140. The number of halogens is 1. The number of hydrogen-bond donors (Lipinski definition) is 2. The number of carbonyl (C=O) groups is 2. The second-order valence-electron chi connectivity index (χ2n) is 9.03. The lowest BCUT2D eigenvalue weighted by Crippen LogP contribution is -2.54. The summed E-state index contributed by atoms with van der Waals surface area (Å²) in [7, 11) is 0. The summed E-state index contributed by atoms with van der Waals surface area (Å²) in [6.45, 7) is 2.88. The van der Waals surface area contributed by atoms with Gasteiger partial charge in [0.25, 0.3) is 11.8 Å². The monoisotopic (exact) mass is 470 g/mol. The van der Waals surface area contributed by atoms with E-state index in [0.29, 0.717) is 18.3 Å². The van der Waals surface area contributed by atoms with Gasteiger partial charge in [-0.1, -0.05) is 23.7 Å². The lowest BCUT2D eigenvalue weighted by molar-refractivity contribution is -0.118. The Hall–Kier alpha value is -2.95. The molecule has 3 atom stereocenters. The molecule has 0 bridgehead atoms. The summed E-state index contributed by atoms with van der Waals surface area (Å²) in [5.41, 5.74) is 8.81. The summed E-state index contributed by atoms with van der Waals surface area (Å²) >= 11 is 6.36. The van der Waals surface area contributed by atoms with Crippen molar-refractivity contribution >= 4 is 35.2 Å². The standard InChI is InChI=1S/C22H23ClN6O4/c23-15-3-1-2-13-14(15)4-11(19(13)24)6-28-7-12(8-28)16-9-29(22(31)33-16)17-5-25-21-20(26-17)27-18(30)10-32-21/h1-3,5,11-12,16,19H,4,6-10,24H2,(H,26,27,30). The number of amides is 2. The molecule has 2 amide bonds. The fourth-order valence-corrected chi connectivity index (χ4v) is 5.41. The smallest absolute Gasteiger partial charge is 0.416 e. The van der Waals surface area contributed by atoms with E-state index in [1.54, 1.807) is 0 Å². The zero-order chi connectivity index (χ0) is 22.7. The van der Waals surface area contributed by atoms with E-state index in [9.17, 15) is 9.59 Å². The Balaban J connectivity index is 1.06. The second kappa shape index (κ2) is 7.82. The van der Waals surface area contributed by atoms with Crippen molar-refractivity contribution in [2.24, 2.45) is 17.6 Å². The molecule has 1 aliphatic carbocycles. The molecular weight excluding hydrogens is 448 g/mol. The molecule has 6 rings (SSSR count).